The number of carbonyl (C=O) groups is 1. The van der Waals surface area contributed by atoms with Crippen LogP contribution in [0.1, 0.15) is 35.8 Å². The smallest absolute Gasteiger partial charge is 0.195 e. The number of benzene rings is 3. The lowest BCUT2D eigenvalue weighted by Gasteiger charge is -2.33. The molecule has 5 rings (SSSR count). The summed E-state index contributed by atoms with van der Waals surface area (Å²) in [5.74, 6) is 0.0824. The molecule has 1 saturated heterocycles. The van der Waals surface area contributed by atoms with Gasteiger partial charge < -0.3 is 9.30 Å². The maximum atomic E-state index is 13.7. The highest BCUT2D eigenvalue weighted by atomic mass is 16.5. The van der Waals surface area contributed by atoms with Crippen molar-refractivity contribution in [3.8, 4) is 0 Å². The van der Waals surface area contributed by atoms with Crippen LogP contribution in [0.5, 0.6) is 0 Å². The van der Waals surface area contributed by atoms with Gasteiger partial charge in [-0.15, -0.1) is 0 Å². The van der Waals surface area contributed by atoms with E-state index in [1.165, 1.54) is 0 Å². The van der Waals surface area contributed by atoms with Gasteiger partial charge in [0, 0.05) is 53.9 Å². The minimum atomic E-state index is 0.0824. The fourth-order valence-corrected chi connectivity index (χ4v) is 4.84. The highest BCUT2D eigenvalue weighted by Crippen LogP contribution is 2.29. The van der Waals surface area contributed by atoms with Gasteiger partial charge in [0.05, 0.1) is 12.7 Å². The number of hydrogen-bond donors (Lipinski definition) is 0. The van der Waals surface area contributed by atoms with Crippen LogP contribution in [0.4, 0.5) is 0 Å². The molecule has 158 valence electrons. The van der Waals surface area contributed by atoms with Crippen LogP contribution in [0.2, 0.25) is 0 Å². The third kappa shape index (κ3) is 3.78. The number of aromatic nitrogens is 1. The predicted octanol–water partition coefficient (Wildman–Crippen LogP) is 5.31. The van der Waals surface area contributed by atoms with E-state index in [2.05, 4.69) is 59.8 Å². The molecule has 4 heteroatoms. The van der Waals surface area contributed by atoms with Crippen LogP contribution in [0.3, 0.4) is 0 Å². The molecule has 0 bridgehead atoms. The third-order valence-corrected chi connectivity index (χ3v) is 6.34. The van der Waals surface area contributed by atoms with Gasteiger partial charge in [0.1, 0.15) is 0 Å². The van der Waals surface area contributed by atoms with E-state index >= 15 is 0 Å². The van der Waals surface area contributed by atoms with Gasteiger partial charge >= 0.3 is 0 Å². The molecule has 0 aliphatic carbocycles. The molecule has 2 atom stereocenters. The second kappa shape index (κ2) is 8.29. The Hall–Kier alpha value is -2.95. The van der Waals surface area contributed by atoms with E-state index in [9.17, 15) is 4.79 Å². The minimum absolute atomic E-state index is 0.0824. The summed E-state index contributed by atoms with van der Waals surface area (Å²) in [6.45, 7) is 7.99. The van der Waals surface area contributed by atoms with Crippen molar-refractivity contribution < 1.29 is 9.53 Å². The van der Waals surface area contributed by atoms with Crippen molar-refractivity contribution in [2.45, 2.75) is 26.0 Å². The van der Waals surface area contributed by atoms with E-state index in [-0.39, 0.29) is 17.9 Å². The molecule has 0 saturated carbocycles. The Labute approximate surface area is 183 Å². The number of fused-ring (bicyclic) bond motifs is 2. The molecule has 4 aromatic rings. The van der Waals surface area contributed by atoms with Crippen LogP contribution < -0.4 is 0 Å². The van der Waals surface area contributed by atoms with E-state index in [0.717, 1.165) is 59.0 Å². The standard InChI is InChI=1S/C27H28N2O2/c1-19(16-28-14-15-31-20(2)17-28)29-18-25(23-11-5-6-13-26(23)29)27(30)24-12-7-9-21-8-3-4-10-22(21)24/h3-13,18-20H,14-17H2,1-2H3/t19-,20?/m0/s1. The fraction of sp³-hybridized carbons (Fsp3) is 0.296. The zero-order valence-electron chi connectivity index (χ0n) is 18.1. The SMILES string of the molecule is CC1CN(C[C@H](C)n2cc(C(=O)c3cccc4ccccc34)c3ccccc32)CCO1. The monoisotopic (exact) mass is 412 g/mol. The summed E-state index contributed by atoms with van der Waals surface area (Å²) in [6, 6.07) is 22.6. The van der Waals surface area contributed by atoms with Gasteiger partial charge in [0.25, 0.3) is 0 Å². The third-order valence-electron chi connectivity index (χ3n) is 6.34. The molecule has 2 heterocycles. The van der Waals surface area contributed by atoms with Crippen molar-refractivity contribution in [2.75, 3.05) is 26.2 Å². The van der Waals surface area contributed by atoms with Crippen LogP contribution >= 0.6 is 0 Å². The molecule has 0 spiro atoms. The molecule has 0 N–H and O–H groups in total. The van der Waals surface area contributed by atoms with Gasteiger partial charge in [0.2, 0.25) is 0 Å². The lowest BCUT2D eigenvalue weighted by atomic mass is 9.97. The number of carbonyl (C=O) groups excluding carboxylic acids is 1. The van der Waals surface area contributed by atoms with E-state index in [0.29, 0.717) is 0 Å². The summed E-state index contributed by atoms with van der Waals surface area (Å²) in [7, 11) is 0. The summed E-state index contributed by atoms with van der Waals surface area (Å²) in [5.41, 5.74) is 2.64. The molecule has 0 radical (unpaired) electrons. The lowest BCUT2D eigenvalue weighted by Crippen LogP contribution is -2.43. The summed E-state index contributed by atoms with van der Waals surface area (Å²) in [4.78, 5) is 16.2. The first-order valence-electron chi connectivity index (χ1n) is 11.1. The molecular formula is C27H28N2O2. The largest absolute Gasteiger partial charge is 0.376 e. The average molecular weight is 413 g/mol. The lowest BCUT2D eigenvalue weighted by molar-refractivity contribution is -0.0215. The van der Waals surface area contributed by atoms with E-state index in [4.69, 9.17) is 4.74 Å². The molecule has 1 fully saturated rings. The first-order chi connectivity index (χ1) is 15.1. The second-order valence-corrected chi connectivity index (χ2v) is 8.61. The zero-order valence-corrected chi connectivity index (χ0v) is 18.1. The summed E-state index contributed by atoms with van der Waals surface area (Å²) >= 11 is 0. The Morgan fingerprint density at radius 1 is 1.00 bits per heavy atom. The fourth-order valence-electron chi connectivity index (χ4n) is 4.84. The number of rotatable bonds is 5. The summed E-state index contributed by atoms with van der Waals surface area (Å²) in [5, 5.41) is 3.11. The Morgan fingerprint density at radius 3 is 2.58 bits per heavy atom. The van der Waals surface area contributed by atoms with Gasteiger partial charge in [-0.2, -0.15) is 0 Å². The highest BCUT2D eigenvalue weighted by molar-refractivity contribution is 6.21. The number of para-hydroxylation sites is 1. The van der Waals surface area contributed by atoms with E-state index in [1.807, 2.05) is 36.4 Å². The molecule has 1 aliphatic rings. The molecule has 31 heavy (non-hydrogen) atoms. The number of hydrogen-bond acceptors (Lipinski definition) is 3. The first-order valence-corrected chi connectivity index (χ1v) is 11.1. The molecule has 0 amide bonds. The predicted molar refractivity (Wildman–Crippen MR) is 126 cm³/mol. The van der Waals surface area contributed by atoms with Gasteiger partial charge in [-0.1, -0.05) is 60.7 Å². The maximum absolute atomic E-state index is 13.7. The molecule has 4 nitrogen and oxygen atoms in total. The average Bonchev–Trinajstić information content (AvgIpc) is 3.18. The minimum Gasteiger partial charge on any atom is -0.376 e. The van der Waals surface area contributed by atoms with Crippen molar-refractivity contribution in [1.29, 1.82) is 0 Å². The van der Waals surface area contributed by atoms with E-state index < -0.39 is 0 Å². The van der Waals surface area contributed by atoms with Crippen molar-refractivity contribution in [2.24, 2.45) is 0 Å². The van der Waals surface area contributed by atoms with Crippen molar-refractivity contribution >= 4 is 27.5 Å². The highest BCUT2D eigenvalue weighted by Gasteiger charge is 2.23. The topological polar surface area (TPSA) is 34.5 Å². The summed E-state index contributed by atoms with van der Waals surface area (Å²) in [6.07, 6.45) is 2.33. The quantitative estimate of drug-likeness (QED) is 0.417. The van der Waals surface area contributed by atoms with Crippen molar-refractivity contribution in [3.63, 3.8) is 0 Å². The van der Waals surface area contributed by atoms with Gasteiger partial charge in [0.15, 0.2) is 5.78 Å². The van der Waals surface area contributed by atoms with Gasteiger partial charge in [-0.05, 0) is 30.7 Å². The Kier molecular flexibility index (Phi) is 5.34. The second-order valence-electron chi connectivity index (χ2n) is 8.61. The summed E-state index contributed by atoms with van der Waals surface area (Å²) < 4.78 is 7.96. The Morgan fingerprint density at radius 2 is 1.74 bits per heavy atom. The Bertz CT molecular complexity index is 1240. The molecule has 1 aliphatic heterocycles. The zero-order chi connectivity index (χ0) is 21.4. The number of nitrogens with zero attached hydrogens (tertiary/aromatic N) is 2. The maximum Gasteiger partial charge on any atom is 0.195 e. The first kappa shape index (κ1) is 20.0. The van der Waals surface area contributed by atoms with Crippen LogP contribution in [0, 0.1) is 0 Å². The molecule has 1 aromatic heterocycles. The van der Waals surface area contributed by atoms with Crippen LogP contribution in [-0.2, 0) is 4.74 Å². The van der Waals surface area contributed by atoms with E-state index in [1.54, 1.807) is 0 Å². The van der Waals surface area contributed by atoms with Crippen molar-refractivity contribution in [3.05, 3.63) is 84.1 Å². The Balaban J connectivity index is 1.53. The number of ketones is 1. The molecule has 3 aromatic carbocycles. The normalized spacial score (nSPS) is 18.5. The van der Waals surface area contributed by atoms with Crippen LogP contribution in [0.25, 0.3) is 21.7 Å². The van der Waals surface area contributed by atoms with Crippen LogP contribution in [0.15, 0.2) is 72.9 Å². The molecular weight excluding hydrogens is 384 g/mol. The van der Waals surface area contributed by atoms with Gasteiger partial charge in [-0.3, -0.25) is 9.69 Å². The van der Waals surface area contributed by atoms with Crippen molar-refractivity contribution in [1.82, 2.24) is 9.47 Å². The number of ether oxygens (including phenoxy) is 1. The van der Waals surface area contributed by atoms with Crippen LogP contribution in [-0.4, -0.2) is 47.6 Å². The van der Waals surface area contributed by atoms with Gasteiger partial charge in [-0.25, -0.2) is 0 Å². The number of morpholine rings is 1. The molecule has 1 unspecified atom stereocenters.